The van der Waals surface area contributed by atoms with Gasteiger partial charge in [-0.05, 0) is 62.1 Å². The fraction of sp³-hybridized carbons (Fsp3) is 0.409. The van der Waals surface area contributed by atoms with E-state index >= 15 is 0 Å². The van der Waals surface area contributed by atoms with Crippen LogP contribution in [0.4, 0.5) is 5.69 Å². The van der Waals surface area contributed by atoms with Crippen molar-refractivity contribution in [3.8, 4) is 0 Å². The van der Waals surface area contributed by atoms with Gasteiger partial charge in [0.25, 0.3) is 0 Å². The Hall–Kier alpha value is -1.93. The highest BCUT2D eigenvalue weighted by Crippen LogP contribution is 2.27. The lowest BCUT2D eigenvalue weighted by molar-refractivity contribution is -0.117. The Morgan fingerprint density at radius 1 is 0.967 bits per heavy atom. The van der Waals surface area contributed by atoms with Crippen LogP contribution in [0.3, 0.4) is 0 Å². The van der Waals surface area contributed by atoms with E-state index in [9.17, 15) is 13.2 Å². The molecule has 6 nitrogen and oxygen atoms in total. The molecule has 0 radical (unpaired) electrons. The van der Waals surface area contributed by atoms with Crippen molar-refractivity contribution < 1.29 is 13.2 Å². The lowest BCUT2D eigenvalue weighted by Crippen LogP contribution is -2.50. The van der Waals surface area contributed by atoms with Crippen LogP contribution in [0.2, 0.25) is 5.02 Å². The maximum absolute atomic E-state index is 13.0. The predicted molar refractivity (Wildman–Crippen MR) is 121 cm³/mol. The van der Waals surface area contributed by atoms with E-state index in [2.05, 4.69) is 5.32 Å². The van der Waals surface area contributed by atoms with Crippen LogP contribution < -0.4 is 5.32 Å². The SMILES string of the molecule is Cc1cc(C)c(NC(=O)CN2CCN(S(=O)(=O)c3cc(C)ccc3C)CC2)c(Cl)c1. The summed E-state index contributed by atoms with van der Waals surface area (Å²) in [6.07, 6.45) is 0. The lowest BCUT2D eigenvalue weighted by Gasteiger charge is -2.33. The molecule has 0 unspecified atom stereocenters. The van der Waals surface area contributed by atoms with Crippen molar-refractivity contribution in [1.29, 1.82) is 0 Å². The number of aryl methyl sites for hydroxylation is 4. The molecule has 0 spiro atoms. The number of carbonyl (C=O) groups excluding carboxylic acids is 1. The monoisotopic (exact) mass is 449 g/mol. The topological polar surface area (TPSA) is 69.7 Å². The Labute approximate surface area is 183 Å². The number of benzene rings is 2. The average Bonchev–Trinajstić information content (AvgIpc) is 2.67. The molecule has 8 heteroatoms. The van der Waals surface area contributed by atoms with E-state index in [0.717, 1.165) is 22.3 Å². The predicted octanol–water partition coefficient (Wildman–Crippen LogP) is 3.52. The molecule has 1 fully saturated rings. The van der Waals surface area contributed by atoms with Crippen molar-refractivity contribution in [2.24, 2.45) is 0 Å². The summed E-state index contributed by atoms with van der Waals surface area (Å²) >= 11 is 6.27. The molecule has 1 amide bonds. The first-order valence-corrected chi connectivity index (χ1v) is 11.8. The summed E-state index contributed by atoms with van der Waals surface area (Å²) in [6.45, 7) is 9.46. The summed E-state index contributed by atoms with van der Waals surface area (Å²) in [7, 11) is -3.54. The fourth-order valence-electron chi connectivity index (χ4n) is 3.71. The molecule has 1 heterocycles. The minimum atomic E-state index is -3.54. The molecular formula is C22H28ClN3O3S. The van der Waals surface area contributed by atoms with Crippen molar-refractivity contribution in [3.05, 3.63) is 57.6 Å². The van der Waals surface area contributed by atoms with Gasteiger partial charge in [-0.3, -0.25) is 9.69 Å². The Balaban J connectivity index is 1.61. The third-order valence-corrected chi connectivity index (χ3v) is 7.69. The standard InChI is InChI=1S/C22H28ClN3O3S/c1-15-5-6-17(3)20(13-15)30(28,29)26-9-7-25(8-10-26)14-21(27)24-22-18(4)11-16(2)12-19(22)23/h5-6,11-13H,7-10,14H2,1-4H3,(H,24,27). The van der Waals surface area contributed by atoms with Crippen LogP contribution >= 0.6 is 11.6 Å². The number of nitrogens with one attached hydrogen (secondary N) is 1. The number of rotatable bonds is 5. The molecule has 2 aromatic carbocycles. The quantitative estimate of drug-likeness (QED) is 0.758. The van der Waals surface area contributed by atoms with E-state index in [1.54, 1.807) is 6.07 Å². The van der Waals surface area contributed by atoms with Crippen LogP contribution in [0.15, 0.2) is 35.2 Å². The Bertz CT molecular complexity index is 1040. The highest BCUT2D eigenvalue weighted by atomic mass is 35.5. The first-order chi connectivity index (χ1) is 14.1. The first kappa shape index (κ1) is 22.7. The molecule has 0 atom stereocenters. The van der Waals surface area contributed by atoms with Crippen molar-refractivity contribution in [2.45, 2.75) is 32.6 Å². The van der Waals surface area contributed by atoms with Gasteiger partial charge in [-0.2, -0.15) is 4.31 Å². The number of hydrogen-bond acceptors (Lipinski definition) is 4. The summed E-state index contributed by atoms with van der Waals surface area (Å²) in [4.78, 5) is 14.8. The zero-order valence-electron chi connectivity index (χ0n) is 17.8. The second-order valence-corrected chi connectivity index (χ2v) is 10.2. The van der Waals surface area contributed by atoms with E-state index in [0.29, 0.717) is 41.8 Å². The molecule has 1 aliphatic heterocycles. The van der Waals surface area contributed by atoms with Gasteiger partial charge in [0.2, 0.25) is 15.9 Å². The molecule has 1 aliphatic rings. The van der Waals surface area contributed by atoms with Gasteiger partial charge in [0, 0.05) is 26.2 Å². The van der Waals surface area contributed by atoms with Crippen LogP contribution in [0.25, 0.3) is 0 Å². The normalized spacial score (nSPS) is 15.9. The van der Waals surface area contributed by atoms with Gasteiger partial charge >= 0.3 is 0 Å². The zero-order chi connectivity index (χ0) is 22.1. The number of piperazine rings is 1. The molecule has 0 aromatic heterocycles. The third-order valence-electron chi connectivity index (χ3n) is 5.36. The summed E-state index contributed by atoms with van der Waals surface area (Å²) < 4.78 is 27.6. The molecule has 0 saturated carbocycles. The average molecular weight is 450 g/mol. The van der Waals surface area contributed by atoms with Crippen LogP contribution in [0.5, 0.6) is 0 Å². The van der Waals surface area contributed by atoms with Gasteiger partial charge < -0.3 is 5.32 Å². The fourth-order valence-corrected chi connectivity index (χ4v) is 5.81. The van der Waals surface area contributed by atoms with Gasteiger partial charge in [0.05, 0.1) is 22.2 Å². The number of anilines is 1. The smallest absolute Gasteiger partial charge is 0.243 e. The van der Waals surface area contributed by atoms with Gasteiger partial charge in [0.1, 0.15) is 0 Å². The van der Waals surface area contributed by atoms with Gasteiger partial charge in [0.15, 0.2) is 0 Å². The summed E-state index contributed by atoms with van der Waals surface area (Å²) in [6, 6.07) is 9.26. The zero-order valence-corrected chi connectivity index (χ0v) is 19.4. The Kier molecular flexibility index (Phi) is 6.87. The second-order valence-electron chi connectivity index (χ2n) is 7.94. The number of carbonyl (C=O) groups is 1. The first-order valence-electron chi connectivity index (χ1n) is 9.94. The molecule has 2 aromatic rings. The molecule has 30 heavy (non-hydrogen) atoms. The second kappa shape index (κ2) is 9.06. The number of halogens is 1. The molecule has 162 valence electrons. The number of nitrogens with zero attached hydrogens (tertiary/aromatic N) is 2. The Morgan fingerprint density at radius 3 is 2.27 bits per heavy atom. The lowest BCUT2D eigenvalue weighted by atomic mass is 10.1. The van der Waals surface area contributed by atoms with Crippen molar-refractivity contribution in [2.75, 3.05) is 38.0 Å². The molecule has 0 bridgehead atoms. The highest BCUT2D eigenvalue weighted by molar-refractivity contribution is 7.89. The highest BCUT2D eigenvalue weighted by Gasteiger charge is 2.30. The van der Waals surface area contributed by atoms with E-state index < -0.39 is 10.0 Å². The number of sulfonamides is 1. The number of amides is 1. The van der Waals surface area contributed by atoms with Crippen LogP contribution in [0, 0.1) is 27.7 Å². The van der Waals surface area contributed by atoms with Crippen LogP contribution in [0.1, 0.15) is 22.3 Å². The van der Waals surface area contributed by atoms with Crippen LogP contribution in [-0.2, 0) is 14.8 Å². The number of hydrogen-bond donors (Lipinski definition) is 1. The van der Waals surface area contributed by atoms with Gasteiger partial charge in [-0.15, -0.1) is 0 Å². The molecule has 3 rings (SSSR count). The third kappa shape index (κ3) is 5.03. The Morgan fingerprint density at radius 2 is 1.63 bits per heavy atom. The van der Waals surface area contributed by atoms with Crippen molar-refractivity contribution in [3.63, 3.8) is 0 Å². The van der Waals surface area contributed by atoms with E-state index in [4.69, 9.17) is 11.6 Å². The molecule has 1 saturated heterocycles. The molecule has 1 N–H and O–H groups in total. The summed E-state index contributed by atoms with van der Waals surface area (Å²) in [5.74, 6) is -0.158. The maximum atomic E-state index is 13.0. The van der Waals surface area contributed by atoms with Gasteiger partial charge in [-0.1, -0.05) is 29.8 Å². The van der Waals surface area contributed by atoms with Crippen molar-refractivity contribution >= 4 is 33.2 Å². The minimum absolute atomic E-state index is 0.158. The van der Waals surface area contributed by atoms with E-state index in [-0.39, 0.29) is 12.5 Å². The maximum Gasteiger partial charge on any atom is 0.243 e. The summed E-state index contributed by atoms with van der Waals surface area (Å²) in [5, 5.41) is 3.41. The molecular weight excluding hydrogens is 422 g/mol. The minimum Gasteiger partial charge on any atom is -0.323 e. The van der Waals surface area contributed by atoms with E-state index in [1.807, 2.05) is 56.9 Å². The van der Waals surface area contributed by atoms with Crippen molar-refractivity contribution in [1.82, 2.24) is 9.21 Å². The largest absolute Gasteiger partial charge is 0.323 e. The summed E-state index contributed by atoms with van der Waals surface area (Å²) in [5.41, 5.74) is 4.24. The van der Waals surface area contributed by atoms with Crippen LogP contribution in [-0.4, -0.2) is 56.3 Å². The molecule has 0 aliphatic carbocycles. The van der Waals surface area contributed by atoms with E-state index in [1.165, 1.54) is 4.31 Å². The van der Waals surface area contributed by atoms with Gasteiger partial charge in [-0.25, -0.2) is 8.42 Å².